The Labute approximate surface area is 144 Å². The predicted octanol–water partition coefficient (Wildman–Crippen LogP) is 0.133. The van der Waals surface area contributed by atoms with Crippen molar-refractivity contribution in [3.63, 3.8) is 0 Å². The third kappa shape index (κ3) is 15.1. The predicted molar refractivity (Wildman–Crippen MR) is 98.2 cm³/mol. The van der Waals surface area contributed by atoms with Gasteiger partial charge in [0.15, 0.2) is 0 Å². The number of likely N-dealkylation sites (N-methyl/N-ethyl adjacent to an activating group) is 4. The van der Waals surface area contributed by atoms with Crippen molar-refractivity contribution < 1.29 is 9.84 Å². The second kappa shape index (κ2) is 15.3. The second-order valence-electron chi connectivity index (χ2n) is 6.50. The van der Waals surface area contributed by atoms with Crippen molar-refractivity contribution in [1.82, 2.24) is 19.6 Å². The van der Waals surface area contributed by atoms with Gasteiger partial charge in [0.2, 0.25) is 0 Å². The van der Waals surface area contributed by atoms with Gasteiger partial charge in [-0.15, -0.1) is 0 Å². The highest BCUT2D eigenvalue weighted by atomic mass is 16.5. The van der Waals surface area contributed by atoms with E-state index < -0.39 is 0 Å². The molecule has 0 saturated carbocycles. The maximum Gasteiger partial charge on any atom is 0.0593 e. The van der Waals surface area contributed by atoms with Crippen molar-refractivity contribution in [3.05, 3.63) is 0 Å². The molecule has 0 aliphatic heterocycles. The lowest BCUT2D eigenvalue weighted by Crippen LogP contribution is -2.34. The third-order valence-electron chi connectivity index (χ3n) is 4.20. The van der Waals surface area contributed by atoms with E-state index in [0.29, 0.717) is 0 Å². The van der Waals surface area contributed by atoms with Crippen LogP contribution in [-0.2, 0) is 4.74 Å². The van der Waals surface area contributed by atoms with E-state index in [9.17, 15) is 0 Å². The summed E-state index contributed by atoms with van der Waals surface area (Å²) in [5.74, 6) is 0. The molecule has 6 nitrogen and oxygen atoms in total. The number of nitrogens with zero attached hydrogens (tertiary/aromatic N) is 4. The summed E-state index contributed by atoms with van der Waals surface area (Å²) in [4.78, 5) is 9.21. The van der Waals surface area contributed by atoms with Gasteiger partial charge < -0.3 is 29.4 Å². The molecule has 0 spiro atoms. The minimum absolute atomic E-state index is 0.275. The fourth-order valence-corrected chi connectivity index (χ4v) is 2.06. The summed E-state index contributed by atoms with van der Waals surface area (Å²) < 4.78 is 5.74. The van der Waals surface area contributed by atoms with E-state index in [4.69, 9.17) is 9.84 Å². The highest BCUT2D eigenvalue weighted by Gasteiger charge is 2.03. The van der Waals surface area contributed by atoms with Crippen LogP contribution in [0.25, 0.3) is 0 Å². The van der Waals surface area contributed by atoms with Crippen molar-refractivity contribution in [2.45, 2.75) is 13.3 Å². The molecule has 0 aliphatic carbocycles. The number of aliphatic hydroxyl groups excluding tert-OH is 1. The molecule has 0 atom stereocenters. The molecule has 1 N–H and O–H groups in total. The van der Waals surface area contributed by atoms with Crippen molar-refractivity contribution in [2.24, 2.45) is 0 Å². The van der Waals surface area contributed by atoms with E-state index >= 15 is 0 Å². The van der Waals surface area contributed by atoms with Crippen LogP contribution in [0.5, 0.6) is 0 Å². The molecule has 6 heteroatoms. The minimum Gasteiger partial charge on any atom is -0.396 e. The molecule has 140 valence electrons. The summed E-state index contributed by atoms with van der Waals surface area (Å²) in [5.41, 5.74) is 0. The molecule has 0 amide bonds. The van der Waals surface area contributed by atoms with Gasteiger partial charge in [0.05, 0.1) is 13.2 Å². The molecular weight excluding hydrogens is 292 g/mol. The third-order valence-corrected chi connectivity index (χ3v) is 4.20. The molecule has 0 bridgehead atoms. The van der Waals surface area contributed by atoms with Crippen LogP contribution in [0, 0.1) is 0 Å². The molecule has 0 saturated heterocycles. The lowest BCUT2D eigenvalue weighted by atomic mass is 10.4. The molecule has 0 radical (unpaired) electrons. The van der Waals surface area contributed by atoms with E-state index in [1.807, 2.05) is 0 Å². The highest BCUT2D eigenvalue weighted by molar-refractivity contribution is 4.58. The molecule has 0 heterocycles. The standard InChI is InChI=1S/C17H40N4O2/c1-6-18(2)9-10-20(4)13-16-23-17-14-21(5)12-11-19(3)8-7-15-22/h22H,6-17H2,1-5H3. The summed E-state index contributed by atoms with van der Waals surface area (Å²) >= 11 is 0. The Morgan fingerprint density at radius 2 is 1.09 bits per heavy atom. The minimum atomic E-state index is 0.275. The zero-order chi connectivity index (χ0) is 17.5. The van der Waals surface area contributed by atoms with Crippen LogP contribution in [0.2, 0.25) is 0 Å². The van der Waals surface area contributed by atoms with Crippen molar-refractivity contribution in [2.75, 3.05) is 100 Å². The number of hydrogen-bond donors (Lipinski definition) is 1. The number of ether oxygens (including phenoxy) is 1. The molecular formula is C17H40N4O2. The highest BCUT2D eigenvalue weighted by Crippen LogP contribution is 1.91. The van der Waals surface area contributed by atoms with E-state index in [2.05, 4.69) is 54.7 Å². The van der Waals surface area contributed by atoms with Gasteiger partial charge in [-0.25, -0.2) is 0 Å². The number of aliphatic hydroxyl groups is 1. The Hall–Kier alpha value is -0.240. The largest absolute Gasteiger partial charge is 0.396 e. The lowest BCUT2D eigenvalue weighted by Gasteiger charge is -2.22. The molecule has 0 aromatic carbocycles. The average Bonchev–Trinajstić information content (AvgIpc) is 2.55. The fraction of sp³-hybridized carbons (Fsp3) is 1.00. The number of hydrogen-bond acceptors (Lipinski definition) is 6. The quantitative estimate of drug-likeness (QED) is 0.405. The van der Waals surface area contributed by atoms with Gasteiger partial charge in [-0.05, 0) is 41.2 Å². The molecule has 0 unspecified atom stereocenters. The first-order valence-corrected chi connectivity index (χ1v) is 8.92. The summed E-state index contributed by atoms with van der Waals surface area (Å²) in [5, 5.41) is 8.81. The van der Waals surface area contributed by atoms with Crippen molar-refractivity contribution in [3.8, 4) is 0 Å². The fourth-order valence-electron chi connectivity index (χ4n) is 2.06. The summed E-state index contributed by atoms with van der Waals surface area (Å²) in [6, 6.07) is 0. The zero-order valence-corrected chi connectivity index (χ0v) is 16.1. The van der Waals surface area contributed by atoms with Gasteiger partial charge in [-0.3, -0.25) is 0 Å². The van der Waals surface area contributed by atoms with Crippen LogP contribution in [0.1, 0.15) is 13.3 Å². The first-order valence-electron chi connectivity index (χ1n) is 8.92. The summed E-state index contributed by atoms with van der Waals surface area (Å²) in [6.45, 7) is 12.3. The van der Waals surface area contributed by atoms with E-state index in [1.54, 1.807) is 0 Å². The van der Waals surface area contributed by atoms with Crippen LogP contribution >= 0.6 is 0 Å². The first-order chi connectivity index (χ1) is 11.0. The van der Waals surface area contributed by atoms with Crippen LogP contribution in [0.3, 0.4) is 0 Å². The second-order valence-corrected chi connectivity index (χ2v) is 6.50. The Morgan fingerprint density at radius 3 is 1.52 bits per heavy atom. The van der Waals surface area contributed by atoms with E-state index in [0.717, 1.165) is 72.0 Å². The van der Waals surface area contributed by atoms with Crippen molar-refractivity contribution >= 4 is 0 Å². The lowest BCUT2D eigenvalue weighted by molar-refractivity contribution is 0.0902. The Kier molecular flexibility index (Phi) is 15.1. The SMILES string of the molecule is CCN(C)CCN(C)CCOCCN(C)CCN(C)CCCO. The number of rotatable bonds is 16. The van der Waals surface area contributed by atoms with Gasteiger partial charge in [0.1, 0.15) is 0 Å². The van der Waals surface area contributed by atoms with Crippen LogP contribution in [0.15, 0.2) is 0 Å². The molecule has 0 aliphatic rings. The Bertz CT molecular complexity index is 257. The summed E-state index contributed by atoms with van der Waals surface area (Å²) in [7, 11) is 8.55. The Morgan fingerprint density at radius 1 is 0.652 bits per heavy atom. The van der Waals surface area contributed by atoms with Crippen LogP contribution in [-0.4, -0.2) is 125 Å². The molecule has 0 fully saturated rings. The van der Waals surface area contributed by atoms with Crippen LogP contribution < -0.4 is 0 Å². The maximum absolute atomic E-state index is 8.81. The average molecular weight is 333 g/mol. The van der Waals surface area contributed by atoms with Gasteiger partial charge in [-0.1, -0.05) is 6.92 Å². The van der Waals surface area contributed by atoms with E-state index in [1.165, 1.54) is 0 Å². The van der Waals surface area contributed by atoms with Gasteiger partial charge >= 0.3 is 0 Å². The topological polar surface area (TPSA) is 42.4 Å². The van der Waals surface area contributed by atoms with Crippen molar-refractivity contribution in [1.29, 1.82) is 0 Å². The zero-order valence-electron chi connectivity index (χ0n) is 16.1. The Balaban J connectivity index is 3.45. The molecule has 0 aromatic rings. The molecule has 0 aromatic heterocycles. The first kappa shape index (κ1) is 22.8. The molecule has 23 heavy (non-hydrogen) atoms. The van der Waals surface area contributed by atoms with Gasteiger partial charge in [-0.2, -0.15) is 0 Å². The smallest absolute Gasteiger partial charge is 0.0593 e. The van der Waals surface area contributed by atoms with Crippen LogP contribution in [0.4, 0.5) is 0 Å². The van der Waals surface area contributed by atoms with E-state index in [-0.39, 0.29) is 6.61 Å². The maximum atomic E-state index is 8.81. The molecule has 0 rings (SSSR count). The van der Waals surface area contributed by atoms with Gasteiger partial charge in [0, 0.05) is 52.4 Å². The monoisotopic (exact) mass is 332 g/mol. The normalized spacial score (nSPS) is 12.3. The summed E-state index contributed by atoms with van der Waals surface area (Å²) in [6.07, 6.45) is 0.852. The van der Waals surface area contributed by atoms with Gasteiger partial charge in [0.25, 0.3) is 0 Å².